The number of hydroxylamine groups is 1. The molecule has 1 fully saturated rings. The Kier molecular flexibility index (Phi) is 4.95. The highest BCUT2D eigenvalue weighted by Crippen LogP contribution is 2.32. The zero-order valence-corrected chi connectivity index (χ0v) is 11.1. The summed E-state index contributed by atoms with van der Waals surface area (Å²) in [4.78, 5) is 27.2. The standard InChI is InChI=1S/C12H21NO5/c1-12(2,3)17-11(16)13-18-9(7-10(14)15)8-5-4-6-8/h8-9H,4-7H2,1-3H3,(H,13,16)(H,14,15). The fourth-order valence-electron chi connectivity index (χ4n) is 1.71. The fraction of sp³-hybridized carbons (Fsp3) is 0.833. The van der Waals surface area contributed by atoms with Crippen LogP contribution in [0.2, 0.25) is 0 Å². The molecule has 0 aromatic heterocycles. The van der Waals surface area contributed by atoms with E-state index < -0.39 is 23.8 Å². The quantitative estimate of drug-likeness (QED) is 0.738. The molecule has 1 rings (SSSR count). The average Bonchev–Trinajstić information content (AvgIpc) is 2.07. The maximum Gasteiger partial charge on any atom is 0.431 e. The van der Waals surface area contributed by atoms with Crippen LogP contribution < -0.4 is 5.48 Å². The van der Waals surface area contributed by atoms with Gasteiger partial charge in [-0.1, -0.05) is 6.42 Å². The Balaban J connectivity index is 2.36. The van der Waals surface area contributed by atoms with E-state index >= 15 is 0 Å². The molecule has 1 aliphatic carbocycles. The average molecular weight is 259 g/mol. The Hall–Kier alpha value is -1.30. The van der Waals surface area contributed by atoms with Crippen LogP contribution in [-0.4, -0.2) is 28.9 Å². The summed E-state index contributed by atoms with van der Waals surface area (Å²) in [6.07, 6.45) is 1.67. The van der Waals surface area contributed by atoms with Crippen molar-refractivity contribution >= 4 is 12.1 Å². The van der Waals surface area contributed by atoms with Gasteiger partial charge in [-0.25, -0.2) is 4.79 Å². The van der Waals surface area contributed by atoms with Gasteiger partial charge in [0.05, 0.1) is 12.5 Å². The zero-order chi connectivity index (χ0) is 13.8. The summed E-state index contributed by atoms with van der Waals surface area (Å²) >= 11 is 0. The lowest BCUT2D eigenvalue weighted by atomic mass is 9.80. The summed E-state index contributed by atoms with van der Waals surface area (Å²) in [5, 5.41) is 8.78. The lowest BCUT2D eigenvalue weighted by Crippen LogP contribution is -2.40. The van der Waals surface area contributed by atoms with Gasteiger partial charge in [-0.2, -0.15) is 5.48 Å². The van der Waals surface area contributed by atoms with Crippen LogP contribution in [0.4, 0.5) is 4.79 Å². The minimum absolute atomic E-state index is 0.111. The van der Waals surface area contributed by atoms with Crippen molar-refractivity contribution in [2.24, 2.45) is 5.92 Å². The van der Waals surface area contributed by atoms with Gasteiger partial charge in [0.25, 0.3) is 0 Å². The van der Waals surface area contributed by atoms with E-state index in [1.54, 1.807) is 20.8 Å². The fourth-order valence-corrected chi connectivity index (χ4v) is 1.71. The van der Waals surface area contributed by atoms with Crippen LogP contribution in [-0.2, 0) is 14.4 Å². The van der Waals surface area contributed by atoms with Crippen LogP contribution >= 0.6 is 0 Å². The Morgan fingerprint density at radius 2 is 2.00 bits per heavy atom. The van der Waals surface area contributed by atoms with Crippen molar-refractivity contribution in [1.29, 1.82) is 0 Å². The smallest absolute Gasteiger partial charge is 0.431 e. The molecule has 1 unspecified atom stereocenters. The zero-order valence-electron chi connectivity index (χ0n) is 11.1. The van der Waals surface area contributed by atoms with Gasteiger partial charge in [0, 0.05) is 0 Å². The highest BCUT2D eigenvalue weighted by molar-refractivity contribution is 5.68. The summed E-state index contributed by atoms with van der Waals surface area (Å²) in [7, 11) is 0. The molecule has 0 bridgehead atoms. The first kappa shape index (κ1) is 14.8. The molecular weight excluding hydrogens is 238 g/mol. The number of rotatable bonds is 5. The Morgan fingerprint density at radius 3 is 2.39 bits per heavy atom. The lowest BCUT2D eigenvalue weighted by Gasteiger charge is -2.32. The van der Waals surface area contributed by atoms with Crippen LogP contribution in [0, 0.1) is 5.92 Å². The predicted octanol–water partition coefficient (Wildman–Crippen LogP) is 2.09. The molecule has 0 heterocycles. The van der Waals surface area contributed by atoms with Gasteiger partial charge in [0.1, 0.15) is 5.60 Å². The van der Waals surface area contributed by atoms with E-state index in [0.29, 0.717) is 0 Å². The van der Waals surface area contributed by atoms with Gasteiger partial charge in [-0.3, -0.25) is 9.63 Å². The summed E-state index contributed by atoms with van der Waals surface area (Å²) in [6.45, 7) is 5.23. The number of carboxylic acid groups (broad SMARTS) is 1. The molecule has 18 heavy (non-hydrogen) atoms. The summed E-state index contributed by atoms with van der Waals surface area (Å²) < 4.78 is 5.00. The van der Waals surface area contributed by atoms with Crippen molar-refractivity contribution in [3.05, 3.63) is 0 Å². The summed E-state index contributed by atoms with van der Waals surface area (Å²) in [5.74, 6) is -0.728. The van der Waals surface area contributed by atoms with E-state index in [2.05, 4.69) is 5.48 Å². The Morgan fingerprint density at radius 1 is 1.39 bits per heavy atom. The van der Waals surface area contributed by atoms with Crippen molar-refractivity contribution in [1.82, 2.24) is 5.48 Å². The van der Waals surface area contributed by atoms with Crippen LogP contribution in [0.25, 0.3) is 0 Å². The van der Waals surface area contributed by atoms with Crippen LogP contribution in [0.1, 0.15) is 46.5 Å². The van der Waals surface area contributed by atoms with Crippen molar-refractivity contribution in [2.75, 3.05) is 0 Å². The molecule has 2 N–H and O–H groups in total. The van der Waals surface area contributed by atoms with Gasteiger partial charge < -0.3 is 9.84 Å². The highest BCUT2D eigenvalue weighted by atomic mass is 16.7. The van der Waals surface area contributed by atoms with Crippen molar-refractivity contribution in [3.8, 4) is 0 Å². The van der Waals surface area contributed by atoms with E-state index in [0.717, 1.165) is 19.3 Å². The minimum Gasteiger partial charge on any atom is -0.481 e. The first-order valence-corrected chi connectivity index (χ1v) is 6.14. The molecule has 0 spiro atoms. The number of nitrogens with one attached hydrogen (secondary N) is 1. The maximum absolute atomic E-state index is 11.4. The third kappa shape index (κ3) is 5.35. The Bertz CT molecular complexity index is 306. The predicted molar refractivity (Wildman–Crippen MR) is 63.8 cm³/mol. The van der Waals surface area contributed by atoms with Crippen molar-refractivity contribution in [2.45, 2.75) is 58.2 Å². The third-order valence-corrected chi connectivity index (χ3v) is 2.74. The molecule has 1 aliphatic rings. The van der Waals surface area contributed by atoms with E-state index in [1.165, 1.54) is 0 Å². The first-order chi connectivity index (χ1) is 8.28. The van der Waals surface area contributed by atoms with Gasteiger partial charge in [0.2, 0.25) is 0 Å². The number of hydrogen-bond donors (Lipinski definition) is 2. The number of hydrogen-bond acceptors (Lipinski definition) is 4. The molecule has 6 heteroatoms. The number of amides is 1. The van der Waals surface area contributed by atoms with Gasteiger partial charge >= 0.3 is 12.1 Å². The number of aliphatic carboxylic acids is 1. The molecule has 0 aromatic rings. The van der Waals surface area contributed by atoms with Gasteiger partial charge in [-0.05, 0) is 39.5 Å². The Labute approximate surface area is 107 Å². The second-order valence-electron chi connectivity index (χ2n) is 5.55. The molecule has 0 aromatic carbocycles. The largest absolute Gasteiger partial charge is 0.481 e. The molecule has 0 radical (unpaired) electrons. The number of carboxylic acids is 1. The highest BCUT2D eigenvalue weighted by Gasteiger charge is 2.31. The SMILES string of the molecule is CC(C)(C)OC(=O)NOC(CC(=O)O)C1CCC1. The van der Waals surface area contributed by atoms with Crippen LogP contribution in [0.3, 0.4) is 0 Å². The van der Waals surface area contributed by atoms with Gasteiger partial charge in [0.15, 0.2) is 0 Å². The second-order valence-corrected chi connectivity index (χ2v) is 5.55. The summed E-state index contributed by atoms with van der Waals surface area (Å²) in [6, 6.07) is 0. The van der Waals surface area contributed by atoms with Gasteiger partial charge in [-0.15, -0.1) is 0 Å². The number of carbonyl (C=O) groups is 2. The van der Waals surface area contributed by atoms with E-state index in [-0.39, 0.29) is 12.3 Å². The molecular formula is C12H21NO5. The van der Waals surface area contributed by atoms with Crippen molar-refractivity contribution in [3.63, 3.8) is 0 Å². The van der Waals surface area contributed by atoms with Crippen molar-refractivity contribution < 1.29 is 24.3 Å². The van der Waals surface area contributed by atoms with E-state index in [9.17, 15) is 9.59 Å². The molecule has 1 atom stereocenters. The molecule has 1 amide bonds. The maximum atomic E-state index is 11.4. The molecule has 6 nitrogen and oxygen atoms in total. The molecule has 104 valence electrons. The second kappa shape index (κ2) is 6.04. The first-order valence-electron chi connectivity index (χ1n) is 6.14. The number of carbonyl (C=O) groups excluding carboxylic acids is 1. The van der Waals surface area contributed by atoms with E-state index in [4.69, 9.17) is 14.7 Å². The van der Waals surface area contributed by atoms with Crippen LogP contribution in [0.5, 0.6) is 0 Å². The minimum atomic E-state index is -0.933. The number of ether oxygens (including phenoxy) is 1. The monoisotopic (exact) mass is 259 g/mol. The molecule has 0 saturated heterocycles. The topological polar surface area (TPSA) is 84.9 Å². The molecule has 1 saturated carbocycles. The lowest BCUT2D eigenvalue weighted by molar-refractivity contribution is -0.145. The third-order valence-electron chi connectivity index (χ3n) is 2.74. The normalized spacial score (nSPS) is 17.7. The molecule has 0 aliphatic heterocycles. The van der Waals surface area contributed by atoms with E-state index in [1.807, 2.05) is 0 Å². The van der Waals surface area contributed by atoms with Crippen LogP contribution in [0.15, 0.2) is 0 Å². The summed E-state index contributed by atoms with van der Waals surface area (Å²) in [5.41, 5.74) is 1.56.